The Balaban J connectivity index is 2.53. The van der Waals surface area contributed by atoms with Crippen molar-refractivity contribution in [3.8, 4) is 11.3 Å². The van der Waals surface area contributed by atoms with Crippen molar-refractivity contribution in [1.82, 2.24) is 0 Å². The van der Waals surface area contributed by atoms with Crippen LogP contribution < -0.4 is 0 Å². The summed E-state index contributed by atoms with van der Waals surface area (Å²) in [5, 5.41) is 0.608. The van der Waals surface area contributed by atoms with Gasteiger partial charge in [-0.3, -0.25) is 4.79 Å². The molecule has 0 spiro atoms. The summed E-state index contributed by atoms with van der Waals surface area (Å²) in [6.45, 7) is 0. The number of carbonyl (C=O) groups excluding carboxylic acids is 1. The van der Waals surface area contributed by atoms with Gasteiger partial charge in [0.25, 0.3) is 0 Å². The standard InChI is InChI=1S/C11H6BrClO2/c12-11-8(2-1-3-9(11)13)10-5-4-7(6-14)15-10/h1-6H. The molecule has 0 radical (unpaired) electrons. The van der Waals surface area contributed by atoms with Crippen LogP contribution in [-0.2, 0) is 0 Å². The van der Waals surface area contributed by atoms with Gasteiger partial charge in [-0.15, -0.1) is 0 Å². The molecule has 1 aromatic heterocycles. The molecule has 0 bridgehead atoms. The minimum absolute atomic E-state index is 0.303. The number of furan rings is 1. The number of hydrogen-bond donors (Lipinski definition) is 0. The van der Waals surface area contributed by atoms with Gasteiger partial charge in [-0.2, -0.15) is 0 Å². The topological polar surface area (TPSA) is 30.2 Å². The van der Waals surface area contributed by atoms with Crippen LogP contribution in [0.2, 0.25) is 5.02 Å². The maximum Gasteiger partial charge on any atom is 0.185 e. The molecule has 2 aromatic rings. The second-order valence-corrected chi connectivity index (χ2v) is 4.12. The van der Waals surface area contributed by atoms with E-state index in [4.69, 9.17) is 16.0 Å². The fourth-order valence-electron chi connectivity index (χ4n) is 1.26. The monoisotopic (exact) mass is 284 g/mol. The summed E-state index contributed by atoms with van der Waals surface area (Å²) in [7, 11) is 0. The summed E-state index contributed by atoms with van der Waals surface area (Å²) in [5.74, 6) is 0.920. The summed E-state index contributed by atoms with van der Waals surface area (Å²) in [6, 6.07) is 8.82. The second-order valence-electron chi connectivity index (χ2n) is 2.92. The highest BCUT2D eigenvalue weighted by atomic mass is 79.9. The summed E-state index contributed by atoms with van der Waals surface area (Å²) < 4.78 is 6.06. The lowest BCUT2D eigenvalue weighted by molar-refractivity contribution is 0.110. The van der Waals surface area contributed by atoms with E-state index in [0.29, 0.717) is 22.8 Å². The molecule has 0 amide bonds. The van der Waals surface area contributed by atoms with E-state index in [9.17, 15) is 4.79 Å². The molecule has 0 fully saturated rings. The van der Waals surface area contributed by atoms with Gasteiger partial charge in [-0.25, -0.2) is 0 Å². The van der Waals surface area contributed by atoms with Crippen LogP contribution in [-0.4, -0.2) is 6.29 Å². The molecule has 1 aromatic carbocycles. The molecule has 0 atom stereocenters. The van der Waals surface area contributed by atoms with Gasteiger partial charge in [0.1, 0.15) is 5.76 Å². The first-order valence-electron chi connectivity index (χ1n) is 4.22. The molecular formula is C11H6BrClO2. The van der Waals surface area contributed by atoms with Crippen LogP contribution in [0, 0.1) is 0 Å². The van der Waals surface area contributed by atoms with Crippen LogP contribution in [0.25, 0.3) is 11.3 Å². The highest BCUT2D eigenvalue weighted by Gasteiger charge is 2.09. The van der Waals surface area contributed by atoms with Gasteiger partial charge in [0.2, 0.25) is 0 Å². The van der Waals surface area contributed by atoms with Crippen LogP contribution in [0.5, 0.6) is 0 Å². The largest absolute Gasteiger partial charge is 0.453 e. The molecule has 0 N–H and O–H groups in total. The van der Waals surface area contributed by atoms with Crippen molar-refractivity contribution in [2.75, 3.05) is 0 Å². The summed E-state index contributed by atoms with van der Waals surface area (Å²) in [5.41, 5.74) is 0.829. The molecule has 1 heterocycles. The third-order valence-corrected chi connectivity index (χ3v) is 3.36. The van der Waals surface area contributed by atoms with Gasteiger partial charge in [-0.1, -0.05) is 17.7 Å². The average molecular weight is 286 g/mol. The number of benzene rings is 1. The number of aldehydes is 1. The molecule has 0 unspecified atom stereocenters. The lowest BCUT2D eigenvalue weighted by Crippen LogP contribution is -1.77. The van der Waals surface area contributed by atoms with Crippen molar-refractivity contribution >= 4 is 33.8 Å². The maximum atomic E-state index is 10.5. The van der Waals surface area contributed by atoms with Crippen molar-refractivity contribution in [3.05, 3.63) is 45.6 Å². The van der Waals surface area contributed by atoms with E-state index in [1.165, 1.54) is 0 Å². The molecule has 0 aliphatic carbocycles. The number of halogens is 2. The van der Waals surface area contributed by atoms with Gasteiger partial charge in [0, 0.05) is 10.0 Å². The molecule has 0 aliphatic rings. The van der Waals surface area contributed by atoms with E-state index in [1.54, 1.807) is 18.2 Å². The lowest BCUT2D eigenvalue weighted by atomic mass is 10.2. The molecule has 4 heteroatoms. The van der Waals surface area contributed by atoms with Crippen LogP contribution in [0.3, 0.4) is 0 Å². The first kappa shape index (κ1) is 10.5. The fourth-order valence-corrected chi connectivity index (χ4v) is 1.89. The molecule has 0 aliphatic heterocycles. The van der Waals surface area contributed by atoms with Gasteiger partial charge in [0.15, 0.2) is 12.0 Å². The van der Waals surface area contributed by atoms with E-state index in [0.717, 1.165) is 10.0 Å². The Labute approximate surface area is 100.0 Å². The van der Waals surface area contributed by atoms with Gasteiger partial charge >= 0.3 is 0 Å². The molecule has 0 saturated carbocycles. The zero-order valence-corrected chi connectivity index (χ0v) is 9.88. The SMILES string of the molecule is O=Cc1ccc(-c2cccc(Cl)c2Br)o1. The highest BCUT2D eigenvalue weighted by Crippen LogP contribution is 2.34. The molecule has 2 rings (SSSR count). The quantitative estimate of drug-likeness (QED) is 0.775. The van der Waals surface area contributed by atoms with Gasteiger partial charge < -0.3 is 4.42 Å². The molecule has 0 saturated heterocycles. The summed E-state index contributed by atoms with van der Waals surface area (Å²) >= 11 is 9.31. The Kier molecular flexibility index (Phi) is 2.93. The van der Waals surface area contributed by atoms with Crippen LogP contribution in [0.4, 0.5) is 0 Å². The van der Waals surface area contributed by atoms with Crippen LogP contribution in [0.15, 0.2) is 39.2 Å². The van der Waals surface area contributed by atoms with Crippen LogP contribution in [0.1, 0.15) is 10.6 Å². The van der Waals surface area contributed by atoms with E-state index < -0.39 is 0 Å². The highest BCUT2D eigenvalue weighted by molar-refractivity contribution is 9.10. The summed E-state index contributed by atoms with van der Waals surface area (Å²) in [4.78, 5) is 10.5. The molecular weight excluding hydrogens is 279 g/mol. The molecule has 76 valence electrons. The van der Waals surface area contributed by atoms with E-state index >= 15 is 0 Å². The minimum Gasteiger partial charge on any atom is -0.453 e. The maximum absolute atomic E-state index is 10.5. The Morgan fingerprint density at radius 3 is 2.73 bits per heavy atom. The Bertz CT molecular complexity index is 505. The Morgan fingerprint density at radius 2 is 2.07 bits per heavy atom. The summed E-state index contributed by atoms with van der Waals surface area (Å²) in [6.07, 6.45) is 0.669. The van der Waals surface area contributed by atoms with Crippen molar-refractivity contribution < 1.29 is 9.21 Å². The zero-order valence-electron chi connectivity index (χ0n) is 7.54. The first-order chi connectivity index (χ1) is 7.22. The second kappa shape index (κ2) is 4.21. The van der Waals surface area contributed by atoms with Crippen molar-refractivity contribution in [2.24, 2.45) is 0 Å². The molecule has 15 heavy (non-hydrogen) atoms. The Hall–Kier alpha value is -1.06. The van der Waals surface area contributed by atoms with Crippen molar-refractivity contribution in [3.63, 3.8) is 0 Å². The van der Waals surface area contributed by atoms with E-state index in [-0.39, 0.29) is 0 Å². The average Bonchev–Trinajstić information content (AvgIpc) is 2.70. The van der Waals surface area contributed by atoms with E-state index in [2.05, 4.69) is 15.9 Å². The van der Waals surface area contributed by atoms with Crippen molar-refractivity contribution in [1.29, 1.82) is 0 Å². The lowest BCUT2D eigenvalue weighted by Gasteiger charge is -2.01. The smallest absolute Gasteiger partial charge is 0.185 e. The predicted octanol–water partition coefficient (Wildman–Crippen LogP) is 4.18. The molecule has 2 nitrogen and oxygen atoms in total. The number of hydrogen-bond acceptors (Lipinski definition) is 2. The third-order valence-electron chi connectivity index (χ3n) is 1.96. The van der Waals surface area contributed by atoms with Crippen molar-refractivity contribution in [2.45, 2.75) is 0 Å². The fraction of sp³-hybridized carbons (Fsp3) is 0. The minimum atomic E-state index is 0.303. The number of rotatable bonds is 2. The van der Waals surface area contributed by atoms with Crippen LogP contribution >= 0.6 is 27.5 Å². The predicted molar refractivity (Wildman–Crippen MR) is 62.2 cm³/mol. The van der Waals surface area contributed by atoms with Gasteiger partial charge in [-0.05, 0) is 40.2 Å². The number of carbonyl (C=O) groups is 1. The van der Waals surface area contributed by atoms with Gasteiger partial charge in [0.05, 0.1) is 5.02 Å². The van der Waals surface area contributed by atoms with E-state index in [1.807, 2.05) is 12.1 Å². The zero-order chi connectivity index (χ0) is 10.8. The first-order valence-corrected chi connectivity index (χ1v) is 5.39. The Morgan fingerprint density at radius 1 is 1.27 bits per heavy atom. The third kappa shape index (κ3) is 1.98. The normalized spacial score (nSPS) is 10.3.